The molecule has 1 atom stereocenters. The van der Waals surface area contributed by atoms with Crippen molar-refractivity contribution in [3.05, 3.63) is 25.6 Å². The van der Waals surface area contributed by atoms with Gasteiger partial charge in [0.05, 0.1) is 11.7 Å². The number of benzene rings is 1. The number of carbonyl (C=O) groups is 1. The van der Waals surface area contributed by atoms with Gasteiger partial charge in [-0.2, -0.15) is 0 Å². The van der Waals surface area contributed by atoms with Gasteiger partial charge in [-0.1, -0.05) is 29.8 Å². The first-order chi connectivity index (χ1) is 7.82. The zero-order chi connectivity index (χ0) is 13.2. The number of halogens is 3. The van der Waals surface area contributed by atoms with Gasteiger partial charge < -0.3 is 11.1 Å². The average Bonchev–Trinajstić information content (AvgIpc) is 2.21. The number of amides is 1. The number of carbonyl (C=O) groups excluding carboxylic acids is 1. The lowest BCUT2D eigenvalue weighted by molar-refractivity contribution is -0.118. The second-order valence-electron chi connectivity index (χ2n) is 4.00. The molecule has 0 aromatic heterocycles. The van der Waals surface area contributed by atoms with Crippen LogP contribution >= 0.6 is 47.8 Å². The fourth-order valence-corrected chi connectivity index (χ4v) is 3.63. The summed E-state index contributed by atoms with van der Waals surface area (Å²) in [5.41, 5.74) is 6.48. The molecule has 0 saturated heterocycles. The van der Waals surface area contributed by atoms with Crippen molar-refractivity contribution in [1.82, 2.24) is 0 Å². The standard InChI is InChI=1S/C11H13Br3N2O/c1-5(2)9(15)11(17)16-10-7(13)3-6(12)4-8(10)14/h3-5,9H,15H2,1-2H3,(H,16,17)/t9-/m1/s1. The van der Waals surface area contributed by atoms with E-state index in [0.717, 1.165) is 13.4 Å². The Labute approximate surface area is 126 Å². The fraction of sp³-hybridized carbons (Fsp3) is 0.364. The van der Waals surface area contributed by atoms with E-state index in [1.54, 1.807) is 0 Å². The maximum atomic E-state index is 11.9. The maximum absolute atomic E-state index is 11.9. The van der Waals surface area contributed by atoms with Gasteiger partial charge in [-0.15, -0.1) is 0 Å². The van der Waals surface area contributed by atoms with Crippen molar-refractivity contribution >= 4 is 59.4 Å². The lowest BCUT2D eigenvalue weighted by Crippen LogP contribution is -2.39. The smallest absolute Gasteiger partial charge is 0.241 e. The van der Waals surface area contributed by atoms with Crippen molar-refractivity contribution in [2.75, 3.05) is 5.32 Å². The Morgan fingerprint density at radius 2 is 1.71 bits per heavy atom. The normalized spacial score (nSPS) is 12.6. The van der Waals surface area contributed by atoms with Crippen LogP contribution < -0.4 is 11.1 Å². The number of rotatable bonds is 3. The maximum Gasteiger partial charge on any atom is 0.241 e. The molecule has 0 spiro atoms. The van der Waals surface area contributed by atoms with Gasteiger partial charge in [0, 0.05) is 13.4 Å². The third-order valence-corrected chi connectivity index (χ3v) is 3.98. The predicted octanol–water partition coefficient (Wildman–Crippen LogP) is 3.90. The van der Waals surface area contributed by atoms with Crippen molar-refractivity contribution in [1.29, 1.82) is 0 Å². The van der Waals surface area contributed by atoms with Crippen LogP contribution in [0.4, 0.5) is 5.69 Å². The highest BCUT2D eigenvalue weighted by molar-refractivity contribution is 9.11. The number of nitrogens with one attached hydrogen (secondary N) is 1. The van der Waals surface area contributed by atoms with Crippen LogP contribution in [-0.2, 0) is 4.79 Å². The number of hydrogen-bond donors (Lipinski definition) is 2. The largest absolute Gasteiger partial charge is 0.323 e. The summed E-state index contributed by atoms with van der Waals surface area (Å²) in [6, 6.07) is 3.21. The second kappa shape index (κ2) is 6.31. The Morgan fingerprint density at radius 1 is 1.24 bits per heavy atom. The first kappa shape index (κ1) is 15.1. The molecule has 0 aliphatic rings. The van der Waals surface area contributed by atoms with E-state index in [1.165, 1.54) is 0 Å². The molecule has 0 unspecified atom stereocenters. The van der Waals surface area contributed by atoms with E-state index in [2.05, 4.69) is 53.1 Å². The SMILES string of the molecule is CC(C)[C@@H](N)C(=O)Nc1c(Br)cc(Br)cc1Br. The van der Waals surface area contributed by atoms with Crippen LogP contribution in [0.15, 0.2) is 25.6 Å². The molecule has 0 aliphatic heterocycles. The van der Waals surface area contributed by atoms with E-state index < -0.39 is 6.04 Å². The van der Waals surface area contributed by atoms with E-state index in [-0.39, 0.29) is 11.8 Å². The minimum absolute atomic E-state index is 0.1000. The zero-order valence-corrected chi connectivity index (χ0v) is 14.2. The molecular weight excluding hydrogens is 416 g/mol. The van der Waals surface area contributed by atoms with E-state index in [4.69, 9.17) is 5.73 Å². The summed E-state index contributed by atoms with van der Waals surface area (Å²) in [6.45, 7) is 3.83. The quantitative estimate of drug-likeness (QED) is 0.767. The number of nitrogens with two attached hydrogens (primary N) is 1. The number of hydrogen-bond acceptors (Lipinski definition) is 2. The van der Waals surface area contributed by atoms with Crippen LogP contribution in [0, 0.1) is 5.92 Å². The zero-order valence-electron chi connectivity index (χ0n) is 9.43. The summed E-state index contributed by atoms with van der Waals surface area (Å²) in [7, 11) is 0. The molecule has 1 aromatic rings. The van der Waals surface area contributed by atoms with Gasteiger partial charge in [0.2, 0.25) is 5.91 Å². The Hall–Kier alpha value is 0.0900. The van der Waals surface area contributed by atoms with Crippen molar-refractivity contribution < 1.29 is 4.79 Å². The van der Waals surface area contributed by atoms with Gasteiger partial charge in [0.15, 0.2) is 0 Å². The van der Waals surface area contributed by atoms with Gasteiger partial charge in [-0.3, -0.25) is 4.79 Å². The van der Waals surface area contributed by atoms with Crippen molar-refractivity contribution in [2.24, 2.45) is 11.7 Å². The molecule has 94 valence electrons. The van der Waals surface area contributed by atoms with Crippen LogP contribution in [0.3, 0.4) is 0 Å². The molecule has 1 rings (SSSR count). The second-order valence-corrected chi connectivity index (χ2v) is 6.63. The summed E-state index contributed by atoms with van der Waals surface area (Å²) in [5.74, 6) is -0.0910. The third kappa shape index (κ3) is 4.05. The van der Waals surface area contributed by atoms with Gasteiger partial charge in [-0.25, -0.2) is 0 Å². The molecule has 0 heterocycles. The van der Waals surface area contributed by atoms with Crippen LogP contribution in [-0.4, -0.2) is 11.9 Å². The van der Waals surface area contributed by atoms with Crippen LogP contribution in [0.1, 0.15) is 13.8 Å². The highest BCUT2D eigenvalue weighted by Gasteiger charge is 2.19. The van der Waals surface area contributed by atoms with Gasteiger partial charge >= 0.3 is 0 Å². The number of anilines is 1. The molecule has 1 aromatic carbocycles. The van der Waals surface area contributed by atoms with Crippen molar-refractivity contribution in [3.8, 4) is 0 Å². The Morgan fingerprint density at radius 3 is 2.12 bits per heavy atom. The van der Waals surface area contributed by atoms with Crippen LogP contribution in [0.5, 0.6) is 0 Å². The minimum atomic E-state index is -0.516. The summed E-state index contributed by atoms with van der Waals surface area (Å²) in [6.07, 6.45) is 0. The average molecular weight is 429 g/mol. The van der Waals surface area contributed by atoms with Gasteiger partial charge in [-0.05, 0) is 49.9 Å². The fourth-order valence-electron chi connectivity index (χ4n) is 1.17. The molecule has 1 amide bonds. The molecule has 0 aliphatic carbocycles. The van der Waals surface area contributed by atoms with Gasteiger partial charge in [0.1, 0.15) is 0 Å². The highest BCUT2D eigenvalue weighted by atomic mass is 79.9. The molecule has 0 fully saturated rings. The minimum Gasteiger partial charge on any atom is -0.323 e. The summed E-state index contributed by atoms with van der Waals surface area (Å²) in [4.78, 5) is 11.9. The van der Waals surface area contributed by atoms with E-state index in [9.17, 15) is 4.79 Å². The summed E-state index contributed by atoms with van der Waals surface area (Å²) >= 11 is 10.2. The molecule has 3 N–H and O–H groups in total. The third-order valence-electron chi connectivity index (χ3n) is 2.28. The predicted molar refractivity (Wildman–Crippen MR) is 81.0 cm³/mol. The molecule has 6 heteroatoms. The molecule has 0 bridgehead atoms. The molecule has 0 saturated carbocycles. The topological polar surface area (TPSA) is 55.1 Å². The van der Waals surface area contributed by atoms with Crippen LogP contribution in [0.2, 0.25) is 0 Å². The summed E-state index contributed by atoms with van der Waals surface area (Å²) in [5, 5.41) is 2.81. The molecule has 0 radical (unpaired) electrons. The summed E-state index contributed by atoms with van der Waals surface area (Å²) < 4.78 is 2.51. The first-order valence-corrected chi connectivity index (χ1v) is 7.41. The Kier molecular flexibility index (Phi) is 5.63. The van der Waals surface area contributed by atoms with Crippen LogP contribution in [0.25, 0.3) is 0 Å². The Bertz CT molecular complexity index is 412. The van der Waals surface area contributed by atoms with Crippen molar-refractivity contribution in [3.63, 3.8) is 0 Å². The Balaban J connectivity index is 2.93. The molecule has 17 heavy (non-hydrogen) atoms. The lowest BCUT2D eigenvalue weighted by atomic mass is 10.1. The van der Waals surface area contributed by atoms with Crippen molar-refractivity contribution in [2.45, 2.75) is 19.9 Å². The molecule has 3 nitrogen and oxygen atoms in total. The molecular formula is C11H13Br3N2O. The lowest BCUT2D eigenvalue weighted by Gasteiger charge is -2.17. The van der Waals surface area contributed by atoms with E-state index in [1.807, 2.05) is 26.0 Å². The monoisotopic (exact) mass is 426 g/mol. The first-order valence-electron chi connectivity index (χ1n) is 5.04. The highest BCUT2D eigenvalue weighted by Crippen LogP contribution is 2.34. The van der Waals surface area contributed by atoms with E-state index >= 15 is 0 Å². The van der Waals surface area contributed by atoms with Gasteiger partial charge in [0.25, 0.3) is 0 Å². The van der Waals surface area contributed by atoms with E-state index in [0.29, 0.717) is 5.69 Å².